The van der Waals surface area contributed by atoms with E-state index in [1.54, 1.807) is 12.1 Å². The van der Waals surface area contributed by atoms with Crippen LogP contribution in [0.1, 0.15) is 0 Å². The molecule has 0 amide bonds. The normalized spacial score (nSPS) is 10.4. The Morgan fingerprint density at radius 3 is 3.00 bits per heavy atom. The van der Waals surface area contributed by atoms with Crippen molar-refractivity contribution in [3.05, 3.63) is 33.0 Å². The van der Waals surface area contributed by atoms with Crippen molar-refractivity contribution in [1.29, 1.82) is 0 Å². The third-order valence-electron chi connectivity index (χ3n) is 1.82. The van der Waals surface area contributed by atoms with Gasteiger partial charge in [-0.15, -0.1) is 0 Å². The zero-order valence-corrected chi connectivity index (χ0v) is 8.96. The second-order valence-electron chi connectivity index (χ2n) is 2.74. The predicted molar refractivity (Wildman–Crippen MR) is 56.6 cm³/mol. The summed E-state index contributed by atoms with van der Waals surface area (Å²) in [6.45, 7) is 0. The van der Waals surface area contributed by atoms with Crippen molar-refractivity contribution in [2.24, 2.45) is 0 Å². The van der Waals surface area contributed by atoms with Gasteiger partial charge in [-0.1, -0.05) is 15.9 Å². The maximum Gasteiger partial charge on any atom is 0.311 e. The van der Waals surface area contributed by atoms with E-state index in [0.717, 1.165) is 4.47 Å². The third kappa shape index (κ3) is 1.50. The Morgan fingerprint density at radius 1 is 1.50 bits per heavy atom. The molecule has 0 saturated carbocycles. The van der Waals surface area contributed by atoms with Gasteiger partial charge in [-0.25, -0.2) is 4.98 Å². The third-order valence-corrected chi connectivity index (χ3v) is 2.31. The highest BCUT2D eigenvalue weighted by Crippen LogP contribution is 2.16. The van der Waals surface area contributed by atoms with Crippen LogP contribution in [0, 0.1) is 0 Å². The number of halogens is 1. The van der Waals surface area contributed by atoms with E-state index in [-0.39, 0.29) is 11.4 Å². The lowest BCUT2D eigenvalue weighted by molar-refractivity contribution is 0.393. The van der Waals surface area contributed by atoms with Gasteiger partial charge < -0.3 is 9.72 Å². The first kappa shape index (κ1) is 9.21. The molecule has 0 spiro atoms. The Morgan fingerprint density at radius 2 is 2.29 bits per heavy atom. The number of methoxy groups -OCH3 is 1. The first-order chi connectivity index (χ1) is 6.70. The minimum absolute atomic E-state index is 0.0832. The number of rotatable bonds is 1. The zero-order valence-electron chi connectivity index (χ0n) is 7.37. The van der Waals surface area contributed by atoms with Crippen molar-refractivity contribution in [2.75, 3.05) is 7.11 Å². The van der Waals surface area contributed by atoms with Gasteiger partial charge in [-0.2, -0.15) is 0 Å². The molecular weight excluding hydrogens is 248 g/mol. The monoisotopic (exact) mass is 254 g/mol. The topological polar surface area (TPSA) is 55.0 Å². The van der Waals surface area contributed by atoms with Gasteiger partial charge in [0.05, 0.1) is 18.1 Å². The first-order valence-electron chi connectivity index (χ1n) is 3.94. The fraction of sp³-hybridized carbons (Fsp3) is 0.111. The van der Waals surface area contributed by atoms with Crippen LogP contribution in [0.2, 0.25) is 0 Å². The van der Waals surface area contributed by atoms with Crippen LogP contribution in [0.4, 0.5) is 0 Å². The highest BCUT2D eigenvalue weighted by Gasteiger charge is 2.03. The molecule has 0 fully saturated rings. The Bertz CT molecular complexity index is 536. The standard InChI is InChI=1S/C9H7BrN2O2/c1-14-9-8(13)11-7-4-5(10)2-3-6(7)12-9/h2-4H,1H3,(H,11,13). The molecule has 0 saturated heterocycles. The fourth-order valence-corrected chi connectivity index (χ4v) is 1.54. The summed E-state index contributed by atoms with van der Waals surface area (Å²) in [6, 6.07) is 5.45. The largest absolute Gasteiger partial charge is 0.477 e. The second kappa shape index (κ2) is 3.42. The number of benzene rings is 1. The first-order valence-corrected chi connectivity index (χ1v) is 4.73. The van der Waals surface area contributed by atoms with Crippen LogP contribution in [0.5, 0.6) is 5.88 Å². The number of aromatic nitrogens is 2. The van der Waals surface area contributed by atoms with Crippen molar-refractivity contribution < 1.29 is 4.74 Å². The number of hydrogen-bond donors (Lipinski definition) is 1. The Balaban J connectivity index is 2.79. The van der Waals surface area contributed by atoms with E-state index >= 15 is 0 Å². The Labute approximate surface area is 88.1 Å². The molecule has 0 aliphatic heterocycles. The molecule has 0 radical (unpaired) electrons. The molecule has 14 heavy (non-hydrogen) atoms. The molecule has 1 aromatic heterocycles. The molecule has 0 bridgehead atoms. The highest BCUT2D eigenvalue weighted by molar-refractivity contribution is 9.10. The molecule has 72 valence electrons. The minimum Gasteiger partial charge on any atom is -0.477 e. The van der Waals surface area contributed by atoms with Gasteiger partial charge in [-0.3, -0.25) is 4.79 Å². The molecule has 1 aromatic carbocycles. The SMILES string of the molecule is COc1nc2ccc(Br)cc2[nH]c1=O. The van der Waals surface area contributed by atoms with E-state index in [1.165, 1.54) is 7.11 Å². The molecule has 0 aliphatic carbocycles. The van der Waals surface area contributed by atoms with E-state index in [0.29, 0.717) is 11.0 Å². The average Bonchev–Trinajstić information content (AvgIpc) is 2.16. The van der Waals surface area contributed by atoms with E-state index in [9.17, 15) is 4.79 Å². The summed E-state index contributed by atoms with van der Waals surface area (Å²) in [5.74, 6) is 0.0832. The van der Waals surface area contributed by atoms with Crippen LogP contribution in [0.25, 0.3) is 11.0 Å². The van der Waals surface area contributed by atoms with Crippen molar-refractivity contribution in [1.82, 2.24) is 9.97 Å². The molecule has 2 aromatic rings. The zero-order chi connectivity index (χ0) is 10.1. The summed E-state index contributed by atoms with van der Waals surface area (Å²) in [7, 11) is 1.42. The lowest BCUT2D eigenvalue weighted by Gasteiger charge is -2.00. The summed E-state index contributed by atoms with van der Waals surface area (Å²) in [5, 5.41) is 0. The van der Waals surface area contributed by atoms with E-state index in [1.807, 2.05) is 6.07 Å². The van der Waals surface area contributed by atoms with Crippen molar-refractivity contribution >= 4 is 27.0 Å². The van der Waals surface area contributed by atoms with Crippen molar-refractivity contribution in [2.45, 2.75) is 0 Å². The number of hydrogen-bond acceptors (Lipinski definition) is 3. The summed E-state index contributed by atoms with van der Waals surface area (Å²) in [4.78, 5) is 18.0. The van der Waals surface area contributed by atoms with Crippen LogP contribution < -0.4 is 10.3 Å². The quantitative estimate of drug-likeness (QED) is 0.843. The molecule has 0 unspecified atom stereocenters. The number of nitrogens with one attached hydrogen (secondary N) is 1. The molecule has 1 heterocycles. The predicted octanol–water partition coefficient (Wildman–Crippen LogP) is 1.69. The second-order valence-corrected chi connectivity index (χ2v) is 3.65. The van der Waals surface area contributed by atoms with Gasteiger partial charge in [0, 0.05) is 4.47 Å². The molecule has 0 atom stereocenters. The molecular formula is C9H7BrN2O2. The summed E-state index contributed by atoms with van der Waals surface area (Å²) < 4.78 is 5.71. The fourth-order valence-electron chi connectivity index (χ4n) is 1.18. The van der Waals surface area contributed by atoms with E-state index in [2.05, 4.69) is 25.9 Å². The minimum atomic E-state index is -0.321. The Kier molecular flexibility index (Phi) is 2.25. The summed E-state index contributed by atoms with van der Waals surface area (Å²) in [6.07, 6.45) is 0. The lowest BCUT2D eigenvalue weighted by atomic mass is 10.3. The maximum absolute atomic E-state index is 11.3. The summed E-state index contributed by atoms with van der Waals surface area (Å²) >= 11 is 3.31. The number of H-pyrrole nitrogens is 1. The number of fused-ring (bicyclic) bond motifs is 1. The van der Waals surface area contributed by atoms with Crippen LogP contribution in [-0.2, 0) is 0 Å². The smallest absolute Gasteiger partial charge is 0.311 e. The molecule has 1 N–H and O–H groups in total. The Hall–Kier alpha value is -1.36. The van der Waals surface area contributed by atoms with Gasteiger partial charge in [0.1, 0.15) is 0 Å². The van der Waals surface area contributed by atoms with Crippen LogP contribution >= 0.6 is 15.9 Å². The average molecular weight is 255 g/mol. The number of aromatic amines is 1. The van der Waals surface area contributed by atoms with Gasteiger partial charge in [0.2, 0.25) is 0 Å². The molecule has 4 nitrogen and oxygen atoms in total. The van der Waals surface area contributed by atoms with Gasteiger partial charge in [0.15, 0.2) is 0 Å². The van der Waals surface area contributed by atoms with E-state index < -0.39 is 0 Å². The molecule has 0 aliphatic rings. The number of nitrogens with zero attached hydrogens (tertiary/aromatic N) is 1. The van der Waals surface area contributed by atoms with Crippen LogP contribution in [0.3, 0.4) is 0 Å². The summed E-state index contributed by atoms with van der Waals surface area (Å²) in [5.41, 5.74) is 1.06. The maximum atomic E-state index is 11.3. The van der Waals surface area contributed by atoms with Gasteiger partial charge in [-0.05, 0) is 18.2 Å². The van der Waals surface area contributed by atoms with E-state index in [4.69, 9.17) is 4.74 Å². The van der Waals surface area contributed by atoms with Crippen molar-refractivity contribution in [3.63, 3.8) is 0 Å². The lowest BCUT2D eigenvalue weighted by Crippen LogP contribution is -2.11. The van der Waals surface area contributed by atoms with Gasteiger partial charge in [0.25, 0.3) is 5.88 Å². The van der Waals surface area contributed by atoms with Crippen LogP contribution in [0.15, 0.2) is 27.5 Å². The highest BCUT2D eigenvalue weighted by atomic mass is 79.9. The van der Waals surface area contributed by atoms with Crippen molar-refractivity contribution in [3.8, 4) is 5.88 Å². The molecule has 2 rings (SSSR count). The van der Waals surface area contributed by atoms with Crippen LogP contribution in [-0.4, -0.2) is 17.1 Å². The van der Waals surface area contributed by atoms with Gasteiger partial charge >= 0.3 is 5.56 Å². The molecule has 5 heteroatoms. The number of ether oxygens (including phenoxy) is 1.